The largest absolute Gasteiger partial charge is 0.416 e. The van der Waals surface area contributed by atoms with E-state index in [1.165, 1.54) is 12.4 Å². The Labute approximate surface area is 215 Å². The van der Waals surface area contributed by atoms with Gasteiger partial charge < -0.3 is 9.88 Å². The molecule has 38 heavy (non-hydrogen) atoms. The fourth-order valence-corrected chi connectivity index (χ4v) is 4.17. The summed E-state index contributed by atoms with van der Waals surface area (Å²) in [6.07, 6.45) is 4.24. The number of carbonyl (C=O) groups excluding carboxylic acids is 1. The Morgan fingerprint density at radius 3 is 2.68 bits per heavy atom. The number of alkyl halides is 3. The summed E-state index contributed by atoms with van der Waals surface area (Å²) in [5, 5.41) is 2.61. The number of anilines is 1. The van der Waals surface area contributed by atoms with E-state index in [9.17, 15) is 18.0 Å². The van der Waals surface area contributed by atoms with Gasteiger partial charge in [0, 0.05) is 40.8 Å². The highest BCUT2D eigenvalue weighted by Crippen LogP contribution is 2.39. The number of carbonyl (C=O) groups is 1. The van der Waals surface area contributed by atoms with Crippen LogP contribution >= 0.6 is 0 Å². The quantitative estimate of drug-likeness (QED) is 0.298. The first-order chi connectivity index (χ1) is 18.3. The van der Waals surface area contributed by atoms with Crippen LogP contribution in [0.3, 0.4) is 0 Å². The third kappa shape index (κ3) is 4.89. The summed E-state index contributed by atoms with van der Waals surface area (Å²) in [5.74, 6) is 5.89. The molecule has 1 saturated carbocycles. The SMILES string of the molecule is O=C(Nc1cc(-n2cnc(C3CC3)c2)cc(C(F)(F)F)c1)c1cccc(C#Cc2cnc3ccccn23)c1. The second-order valence-corrected chi connectivity index (χ2v) is 9.10. The van der Waals surface area contributed by atoms with Crippen LogP contribution in [-0.4, -0.2) is 24.8 Å². The summed E-state index contributed by atoms with van der Waals surface area (Å²) in [5.41, 5.74) is 2.60. The minimum absolute atomic E-state index is 0.0312. The zero-order chi connectivity index (χ0) is 26.3. The molecule has 1 amide bonds. The predicted molar refractivity (Wildman–Crippen MR) is 136 cm³/mol. The van der Waals surface area contributed by atoms with Crippen molar-refractivity contribution in [3.63, 3.8) is 0 Å². The van der Waals surface area contributed by atoms with Crippen molar-refractivity contribution >= 4 is 17.2 Å². The molecule has 1 N–H and O–H groups in total. The van der Waals surface area contributed by atoms with E-state index in [1.807, 2.05) is 28.8 Å². The van der Waals surface area contributed by atoms with E-state index in [2.05, 4.69) is 27.1 Å². The van der Waals surface area contributed by atoms with Crippen molar-refractivity contribution in [3.05, 3.63) is 114 Å². The van der Waals surface area contributed by atoms with E-state index in [0.717, 1.165) is 36.3 Å². The molecule has 1 aliphatic rings. The molecule has 0 spiro atoms. The van der Waals surface area contributed by atoms with Crippen LogP contribution in [0, 0.1) is 11.8 Å². The number of halogens is 3. The van der Waals surface area contributed by atoms with Crippen LogP contribution in [0.15, 0.2) is 85.6 Å². The first-order valence-corrected chi connectivity index (χ1v) is 12.0. The van der Waals surface area contributed by atoms with Crippen LogP contribution in [0.5, 0.6) is 0 Å². The van der Waals surface area contributed by atoms with E-state index in [0.29, 0.717) is 17.2 Å². The molecule has 0 saturated heterocycles. The number of amides is 1. The molecular formula is C29H20F3N5O. The van der Waals surface area contributed by atoms with Gasteiger partial charge in [0.1, 0.15) is 11.3 Å². The number of pyridine rings is 1. The lowest BCUT2D eigenvalue weighted by molar-refractivity contribution is -0.137. The van der Waals surface area contributed by atoms with Gasteiger partial charge in [0.15, 0.2) is 0 Å². The van der Waals surface area contributed by atoms with Crippen molar-refractivity contribution in [1.82, 2.24) is 18.9 Å². The zero-order valence-electron chi connectivity index (χ0n) is 19.9. The Balaban J connectivity index is 1.26. The van der Waals surface area contributed by atoms with E-state index in [1.54, 1.807) is 41.2 Å². The maximum atomic E-state index is 13.7. The number of rotatable bonds is 4. The third-order valence-electron chi connectivity index (χ3n) is 6.28. The number of benzene rings is 2. The van der Waals surface area contributed by atoms with Crippen molar-refractivity contribution in [2.45, 2.75) is 24.9 Å². The van der Waals surface area contributed by atoms with Crippen molar-refractivity contribution in [2.75, 3.05) is 5.32 Å². The molecule has 5 aromatic rings. The van der Waals surface area contributed by atoms with Gasteiger partial charge in [0.05, 0.1) is 23.8 Å². The van der Waals surface area contributed by atoms with Gasteiger partial charge in [-0.2, -0.15) is 13.2 Å². The molecule has 9 heteroatoms. The van der Waals surface area contributed by atoms with Gasteiger partial charge in [0.2, 0.25) is 0 Å². The maximum absolute atomic E-state index is 13.7. The highest BCUT2D eigenvalue weighted by molar-refractivity contribution is 6.04. The maximum Gasteiger partial charge on any atom is 0.416 e. The monoisotopic (exact) mass is 511 g/mol. The molecule has 0 aliphatic heterocycles. The lowest BCUT2D eigenvalue weighted by Crippen LogP contribution is -2.14. The zero-order valence-corrected chi connectivity index (χ0v) is 19.9. The minimum Gasteiger partial charge on any atom is -0.322 e. The molecule has 6 nitrogen and oxygen atoms in total. The standard InChI is InChI=1S/C29H20F3N5O/c30-29(31,32)22-13-23(15-25(14-22)36-17-26(34-18-36)20-8-9-20)35-28(38)21-5-3-4-19(12-21)7-10-24-16-33-27-6-1-2-11-37(24)27/h1-6,11-18,20H,8-9H2,(H,35,38). The van der Waals surface area contributed by atoms with E-state index < -0.39 is 17.6 Å². The molecular weight excluding hydrogens is 491 g/mol. The lowest BCUT2D eigenvalue weighted by atomic mass is 10.1. The number of nitrogens with one attached hydrogen (secondary N) is 1. The molecule has 1 aliphatic carbocycles. The molecule has 0 bridgehead atoms. The molecule has 0 radical (unpaired) electrons. The third-order valence-corrected chi connectivity index (χ3v) is 6.28. The number of imidazole rings is 2. The first-order valence-electron chi connectivity index (χ1n) is 12.0. The summed E-state index contributed by atoms with van der Waals surface area (Å²) < 4.78 is 44.4. The fraction of sp³-hybridized carbons (Fsp3) is 0.138. The van der Waals surface area contributed by atoms with Gasteiger partial charge >= 0.3 is 6.18 Å². The Morgan fingerprint density at radius 1 is 1.00 bits per heavy atom. The van der Waals surface area contributed by atoms with Gasteiger partial charge in [-0.15, -0.1) is 0 Å². The average molecular weight is 512 g/mol. The van der Waals surface area contributed by atoms with Gasteiger partial charge in [-0.05, 0) is 67.3 Å². The molecule has 188 valence electrons. The van der Waals surface area contributed by atoms with Gasteiger partial charge in [-0.3, -0.25) is 9.20 Å². The smallest absolute Gasteiger partial charge is 0.322 e. The summed E-state index contributed by atoms with van der Waals surface area (Å²) in [7, 11) is 0. The average Bonchev–Trinajstić information content (AvgIpc) is 3.49. The van der Waals surface area contributed by atoms with Crippen molar-refractivity contribution in [2.24, 2.45) is 0 Å². The molecule has 2 aromatic carbocycles. The van der Waals surface area contributed by atoms with Crippen molar-refractivity contribution in [3.8, 4) is 17.5 Å². The van der Waals surface area contributed by atoms with Crippen LogP contribution in [0.1, 0.15) is 51.6 Å². The molecule has 0 unspecified atom stereocenters. The Hall–Kier alpha value is -4.84. The Morgan fingerprint density at radius 2 is 1.87 bits per heavy atom. The van der Waals surface area contributed by atoms with E-state index >= 15 is 0 Å². The van der Waals surface area contributed by atoms with Crippen LogP contribution in [0.2, 0.25) is 0 Å². The minimum atomic E-state index is -4.58. The summed E-state index contributed by atoms with van der Waals surface area (Å²) >= 11 is 0. The van der Waals surface area contributed by atoms with Crippen LogP contribution in [-0.2, 0) is 6.18 Å². The normalized spacial score (nSPS) is 13.2. The fourth-order valence-electron chi connectivity index (χ4n) is 4.17. The number of nitrogens with zero attached hydrogens (tertiary/aromatic N) is 4. The summed E-state index contributed by atoms with van der Waals surface area (Å²) in [4.78, 5) is 21.6. The number of hydrogen-bond donors (Lipinski definition) is 1. The molecule has 0 atom stereocenters. The van der Waals surface area contributed by atoms with Crippen LogP contribution in [0.4, 0.5) is 18.9 Å². The number of aromatic nitrogens is 4. The molecule has 3 heterocycles. The number of fused-ring (bicyclic) bond motifs is 1. The van der Waals surface area contributed by atoms with Crippen molar-refractivity contribution in [1.29, 1.82) is 0 Å². The lowest BCUT2D eigenvalue weighted by Gasteiger charge is -2.14. The Bertz CT molecular complexity index is 1730. The van der Waals surface area contributed by atoms with E-state index in [-0.39, 0.29) is 16.9 Å². The first kappa shape index (κ1) is 23.6. The predicted octanol–water partition coefficient (Wildman–Crippen LogP) is 6.07. The Kier molecular flexibility index (Phi) is 5.72. The topological polar surface area (TPSA) is 64.2 Å². The second-order valence-electron chi connectivity index (χ2n) is 9.10. The second kappa shape index (κ2) is 9.23. The molecule has 1 fully saturated rings. The highest BCUT2D eigenvalue weighted by Gasteiger charge is 2.32. The van der Waals surface area contributed by atoms with Crippen LogP contribution < -0.4 is 5.32 Å². The number of hydrogen-bond acceptors (Lipinski definition) is 3. The van der Waals surface area contributed by atoms with Gasteiger partial charge in [-0.25, -0.2) is 9.97 Å². The summed E-state index contributed by atoms with van der Waals surface area (Å²) in [6, 6.07) is 15.7. The molecule has 3 aromatic heterocycles. The van der Waals surface area contributed by atoms with E-state index in [4.69, 9.17) is 0 Å². The molecule has 6 rings (SSSR count). The highest BCUT2D eigenvalue weighted by atomic mass is 19.4. The van der Waals surface area contributed by atoms with Gasteiger partial charge in [0.25, 0.3) is 5.91 Å². The van der Waals surface area contributed by atoms with Crippen LogP contribution in [0.25, 0.3) is 11.3 Å². The van der Waals surface area contributed by atoms with Crippen molar-refractivity contribution < 1.29 is 18.0 Å². The summed E-state index contributed by atoms with van der Waals surface area (Å²) in [6.45, 7) is 0. The van der Waals surface area contributed by atoms with Gasteiger partial charge in [-0.1, -0.05) is 18.1 Å².